The van der Waals surface area contributed by atoms with Crippen molar-refractivity contribution < 1.29 is 9.53 Å². The van der Waals surface area contributed by atoms with Crippen LogP contribution >= 0.6 is 23.6 Å². The molecule has 1 aromatic heterocycles. The highest BCUT2D eigenvalue weighted by Gasteiger charge is 2.27. The number of fused-ring (bicyclic) bond motifs is 1. The molecule has 1 aliphatic heterocycles. The Labute approximate surface area is 195 Å². The summed E-state index contributed by atoms with van der Waals surface area (Å²) in [6, 6.07) is 10.7. The molecule has 2 aliphatic rings. The largest absolute Gasteiger partial charge is 0.465 e. The molecule has 0 atom stereocenters. The number of carbonyl (C=O) groups excluding carboxylic acids is 1. The zero-order valence-corrected chi connectivity index (χ0v) is 20.0. The quantitative estimate of drug-likeness (QED) is 0.462. The number of benzene rings is 1. The lowest BCUT2D eigenvalue weighted by Crippen LogP contribution is -2.41. The first-order valence-corrected chi connectivity index (χ1v) is 12.7. The lowest BCUT2D eigenvalue weighted by molar-refractivity contribution is 0.0601. The Bertz CT molecular complexity index is 902. The Morgan fingerprint density at radius 1 is 1.13 bits per heavy atom. The molecule has 0 bridgehead atoms. The fraction of sp³-hybridized carbons (Fsp3) is 0.520. The van der Waals surface area contributed by atoms with Crippen LogP contribution in [0.2, 0.25) is 0 Å². The number of nitrogens with zero attached hydrogens (tertiary/aromatic N) is 1. The van der Waals surface area contributed by atoms with Crippen molar-refractivity contribution in [1.82, 2.24) is 4.90 Å². The number of hydrogen-bond donors (Lipinski definition) is 1. The van der Waals surface area contributed by atoms with Gasteiger partial charge in [-0.25, -0.2) is 4.79 Å². The second-order valence-corrected chi connectivity index (χ2v) is 10.2. The van der Waals surface area contributed by atoms with Crippen molar-refractivity contribution in [3.63, 3.8) is 0 Å². The third kappa shape index (κ3) is 5.47. The number of piperidine rings is 1. The predicted molar refractivity (Wildman–Crippen MR) is 132 cm³/mol. The van der Waals surface area contributed by atoms with Gasteiger partial charge in [-0.2, -0.15) is 0 Å². The van der Waals surface area contributed by atoms with Crippen molar-refractivity contribution in [2.45, 2.75) is 57.8 Å². The van der Waals surface area contributed by atoms with Gasteiger partial charge in [-0.15, -0.1) is 11.3 Å². The average Bonchev–Trinajstić information content (AvgIpc) is 3.10. The van der Waals surface area contributed by atoms with Crippen LogP contribution in [0.25, 0.3) is 0 Å². The zero-order valence-electron chi connectivity index (χ0n) is 18.3. The van der Waals surface area contributed by atoms with Gasteiger partial charge in [-0.3, -0.25) is 0 Å². The maximum absolute atomic E-state index is 12.6. The van der Waals surface area contributed by atoms with Gasteiger partial charge in [0.15, 0.2) is 5.11 Å². The number of ether oxygens (including phenoxy) is 1. The summed E-state index contributed by atoms with van der Waals surface area (Å²) in [5.41, 5.74) is 3.31. The number of hydrogen-bond acceptors (Lipinski definition) is 4. The van der Waals surface area contributed by atoms with Crippen molar-refractivity contribution in [2.75, 3.05) is 25.5 Å². The first kappa shape index (κ1) is 22.3. The number of nitrogens with one attached hydrogen (secondary N) is 1. The molecule has 4 rings (SSSR count). The number of carbonyl (C=O) groups is 1. The fourth-order valence-electron chi connectivity index (χ4n) is 4.79. The number of likely N-dealkylation sites (tertiary alicyclic amines) is 1. The summed E-state index contributed by atoms with van der Waals surface area (Å²) in [5.74, 6) is 0.457. The highest BCUT2D eigenvalue weighted by atomic mass is 32.1. The molecular formula is C25H32N2O2S2. The van der Waals surface area contributed by atoms with Crippen LogP contribution in [0.4, 0.5) is 5.00 Å². The molecule has 0 unspecified atom stereocenters. The predicted octanol–water partition coefficient (Wildman–Crippen LogP) is 5.85. The summed E-state index contributed by atoms with van der Waals surface area (Å²) in [6.07, 6.45) is 10.2. The van der Waals surface area contributed by atoms with E-state index in [1.165, 1.54) is 42.4 Å². The monoisotopic (exact) mass is 456 g/mol. The van der Waals surface area contributed by atoms with Crippen LogP contribution in [-0.4, -0.2) is 36.2 Å². The Kier molecular flexibility index (Phi) is 7.62. The van der Waals surface area contributed by atoms with E-state index in [0.29, 0.717) is 11.5 Å². The summed E-state index contributed by atoms with van der Waals surface area (Å²) in [4.78, 5) is 16.2. The highest BCUT2D eigenvalue weighted by molar-refractivity contribution is 7.80. The summed E-state index contributed by atoms with van der Waals surface area (Å²) < 4.78 is 5.14. The van der Waals surface area contributed by atoms with Gasteiger partial charge in [0.1, 0.15) is 5.00 Å². The third-order valence-corrected chi connectivity index (χ3v) is 8.12. The average molecular weight is 457 g/mol. The van der Waals surface area contributed by atoms with Gasteiger partial charge in [0.2, 0.25) is 0 Å². The van der Waals surface area contributed by atoms with Gasteiger partial charge < -0.3 is 15.0 Å². The number of thiophene rings is 1. The van der Waals surface area contributed by atoms with Crippen molar-refractivity contribution in [3.05, 3.63) is 51.9 Å². The molecule has 0 amide bonds. The zero-order chi connectivity index (χ0) is 21.6. The van der Waals surface area contributed by atoms with Crippen LogP contribution in [0.5, 0.6) is 0 Å². The van der Waals surface area contributed by atoms with E-state index in [1.54, 1.807) is 11.3 Å². The number of anilines is 1. The number of esters is 1. The molecule has 4 nitrogen and oxygen atoms in total. The molecule has 1 aromatic carbocycles. The molecule has 166 valence electrons. The number of thiocarbonyl (C=S) groups is 1. The van der Waals surface area contributed by atoms with Gasteiger partial charge >= 0.3 is 5.97 Å². The third-order valence-electron chi connectivity index (χ3n) is 6.55. The molecule has 0 spiro atoms. The first-order valence-electron chi connectivity index (χ1n) is 11.5. The van der Waals surface area contributed by atoms with Crippen molar-refractivity contribution in [1.29, 1.82) is 0 Å². The summed E-state index contributed by atoms with van der Waals surface area (Å²) in [7, 11) is 1.47. The van der Waals surface area contributed by atoms with Gasteiger partial charge in [0.05, 0.1) is 12.7 Å². The minimum atomic E-state index is -0.245. The summed E-state index contributed by atoms with van der Waals surface area (Å²) in [6.45, 7) is 1.92. The van der Waals surface area contributed by atoms with E-state index in [9.17, 15) is 4.79 Å². The molecule has 2 heterocycles. The molecule has 0 radical (unpaired) electrons. The Balaban J connectivity index is 1.41. The minimum absolute atomic E-state index is 0.245. The van der Waals surface area contributed by atoms with E-state index in [-0.39, 0.29) is 5.97 Å². The van der Waals surface area contributed by atoms with Gasteiger partial charge in [0.25, 0.3) is 0 Å². The molecule has 1 fully saturated rings. The van der Waals surface area contributed by atoms with Gasteiger partial charge in [-0.1, -0.05) is 43.2 Å². The standard InChI is InChI=1S/C25H32N2O2S2/c1-29-24(28)22-20-11-7-2-3-8-12-21(20)31-23(22)26-25(30)27-15-13-19(14-16-27)17-18-9-5-4-6-10-18/h4-6,9-10,19H,2-3,7-8,11-17H2,1H3,(H,26,30). The second-order valence-electron chi connectivity index (χ2n) is 8.66. The van der Waals surface area contributed by atoms with Crippen LogP contribution < -0.4 is 5.32 Å². The maximum atomic E-state index is 12.6. The molecule has 6 heteroatoms. The van der Waals surface area contributed by atoms with E-state index in [4.69, 9.17) is 17.0 Å². The first-order chi connectivity index (χ1) is 15.2. The number of aryl methyl sites for hydroxylation is 1. The Morgan fingerprint density at radius 2 is 1.84 bits per heavy atom. The summed E-state index contributed by atoms with van der Waals surface area (Å²) in [5, 5.41) is 5.04. The molecule has 2 aromatic rings. The minimum Gasteiger partial charge on any atom is -0.465 e. The smallest absolute Gasteiger partial charge is 0.341 e. The van der Waals surface area contributed by atoms with E-state index in [1.807, 2.05) is 0 Å². The van der Waals surface area contributed by atoms with Crippen molar-refractivity contribution in [2.24, 2.45) is 5.92 Å². The highest BCUT2D eigenvalue weighted by Crippen LogP contribution is 2.38. The van der Waals surface area contributed by atoms with E-state index in [2.05, 4.69) is 40.5 Å². The number of rotatable bonds is 4. The topological polar surface area (TPSA) is 41.6 Å². The maximum Gasteiger partial charge on any atom is 0.341 e. The Hall–Kier alpha value is -1.92. The fourth-order valence-corrected chi connectivity index (χ4v) is 6.41. The molecule has 1 saturated heterocycles. The Morgan fingerprint density at radius 3 is 2.55 bits per heavy atom. The van der Waals surface area contributed by atoms with Crippen molar-refractivity contribution in [3.8, 4) is 0 Å². The van der Waals surface area contributed by atoms with Crippen LogP contribution in [0, 0.1) is 5.92 Å². The normalized spacial score (nSPS) is 17.4. The van der Waals surface area contributed by atoms with Gasteiger partial charge in [0, 0.05) is 18.0 Å². The van der Waals surface area contributed by atoms with Crippen LogP contribution in [0.1, 0.15) is 64.9 Å². The van der Waals surface area contributed by atoms with E-state index in [0.717, 1.165) is 61.7 Å². The molecule has 1 N–H and O–H groups in total. The van der Waals surface area contributed by atoms with Crippen LogP contribution in [-0.2, 0) is 24.0 Å². The number of methoxy groups -OCH3 is 1. The lowest BCUT2D eigenvalue weighted by Gasteiger charge is -2.34. The van der Waals surface area contributed by atoms with Crippen LogP contribution in [0.15, 0.2) is 30.3 Å². The SMILES string of the molecule is COC(=O)c1c(NC(=S)N2CCC(Cc3ccccc3)CC2)sc2c1CCCCCC2. The van der Waals surface area contributed by atoms with Crippen molar-refractivity contribution >= 4 is 39.6 Å². The second kappa shape index (κ2) is 10.6. The molecule has 31 heavy (non-hydrogen) atoms. The van der Waals surface area contributed by atoms with Crippen LogP contribution in [0.3, 0.4) is 0 Å². The lowest BCUT2D eigenvalue weighted by atomic mass is 9.90. The van der Waals surface area contributed by atoms with E-state index < -0.39 is 0 Å². The molecule has 1 aliphatic carbocycles. The molecule has 0 saturated carbocycles. The van der Waals surface area contributed by atoms with Gasteiger partial charge in [-0.05, 0) is 74.2 Å². The van der Waals surface area contributed by atoms with E-state index >= 15 is 0 Å². The summed E-state index contributed by atoms with van der Waals surface area (Å²) >= 11 is 7.47. The molecular weight excluding hydrogens is 424 g/mol.